The highest BCUT2D eigenvalue weighted by Crippen LogP contribution is 2.17. The van der Waals surface area contributed by atoms with Crippen LogP contribution >= 0.6 is 0 Å². The first-order valence-corrected chi connectivity index (χ1v) is 10.7. The number of hydrogen-bond donors (Lipinski definition) is 1. The maximum atomic E-state index is 13.1. The van der Waals surface area contributed by atoms with Crippen molar-refractivity contribution < 1.29 is 18.4 Å². The van der Waals surface area contributed by atoms with E-state index in [0.717, 1.165) is 30.5 Å². The number of aromatic nitrogens is 4. The standard InChI is InChI=1S/C22H25FN6O3/c23-17-10-8-16(9-11-17)22-25-27-29(26-22)15-21(31)28(13-19-7-4-12-32-19)14-20(30)24-18-5-2-1-3-6-18/h4,7-12,18H,1-3,5-6,13-15H2,(H,24,30). The lowest BCUT2D eigenvalue weighted by molar-refractivity contribution is -0.138. The van der Waals surface area contributed by atoms with Gasteiger partial charge in [-0.2, -0.15) is 4.80 Å². The van der Waals surface area contributed by atoms with Gasteiger partial charge in [-0.15, -0.1) is 10.2 Å². The zero-order valence-electron chi connectivity index (χ0n) is 17.6. The number of nitrogens with zero attached hydrogens (tertiary/aromatic N) is 5. The monoisotopic (exact) mass is 440 g/mol. The molecule has 1 aliphatic carbocycles. The van der Waals surface area contributed by atoms with Gasteiger partial charge in [-0.3, -0.25) is 9.59 Å². The van der Waals surface area contributed by atoms with Crippen molar-refractivity contribution in [3.63, 3.8) is 0 Å². The minimum absolute atomic E-state index is 0.0877. The van der Waals surface area contributed by atoms with Crippen LogP contribution in [0.25, 0.3) is 11.4 Å². The lowest BCUT2D eigenvalue weighted by Gasteiger charge is -2.25. The molecular formula is C22H25FN6O3. The van der Waals surface area contributed by atoms with Gasteiger partial charge in [0.2, 0.25) is 17.6 Å². The third-order valence-electron chi connectivity index (χ3n) is 5.42. The van der Waals surface area contributed by atoms with Crippen LogP contribution in [0.1, 0.15) is 37.9 Å². The number of benzene rings is 1. The Morgan fingerprint density at radius 2 is 1.94 bits per heavy atom. The van der Waals surface area contributed by atoms with Gasteiger partial charge in [0.15, 0.2) is 0 Å². The Kier molecular flexibility index (Phi) is 6.88. The topological polar surface area (TPSA) is 106 Å². The van der Waals surface area contributed by atoms with E-state index in [-0.39, 0.29) is 49.1 Å². The molecule has 1 aromatic carbocycles. The van der Waals surface area contributed by atoms with Crippen LogP contribution in [-0.2, 0) is 22.7 Å². The number of halogens is 1. The fourth-order valence-electron chi connectivity index (χ4n) is 3.76. The number of nitrogens with one attached hydrogen (secondary N) is 1. The van der Waals surface area contributed by atoms with Crippen molar-refractivity contribution in [2.24, 2.45) is 0 Å². The fourth-order valence-corrected chi connectivity index (χ4v) is 3.76. The Morgan fingerprint density at radius 3 is 2.66 bits per heavy atom. The Hall–Kier alpha value is -3.56. The molecule has 0 atom stereocenters. The number of carbonyl (C=O) groups excluding carboxylic acids is 2. The van der Waals surface area contributed by atoms with Crippen LogP contribution in [0.15, 0.2) is 47.1 Å². The van der Waals surface area contributed by atoms with Crippen molar-refractivity contribution in [1.82, 2.24) is 30.4 Å². The molecule has 1 fully saturated rings. The van der Waals surface area contributed by atoms with Crippen molar-refractivity contribution in [3.8, 4) is 11.4 Å². The SMILES string of the molecule is O=C(CN(Cc1ccco1)C(=O)Cn1nnc(-c2ccc(F)cc2)n1)NC1CCCCC1. The summed E-state index contributed by atoms with van der Waals surface area (Å²) in [4.78, 5) is 28.2. The second kappa shape index (κ2) is 10.2. The molecule has 3 aromatic rings. The van der Waals surface area contributed by atoms with Crippen molar-refractivity contribution >= 4 is 11.8 Å². The molecule has 0 radical (unpaired) electrons. The Balaban J connectivity index is 1.41. The highest BCUT2D eigenvalue weighted by molar-refractivity contribution is 5.84. The third-order valence-corrected chi connectivity index (χ3v) is 5.42. The smallest absolute Gasteiger partial charge is 0.247 e. The largest absolute Gasteiger partial charge is 0.467 e. The van der Waals surface area contributed by atoms with Gasteiger partial charge in [-0.05, 0) is 54.5 Å². The molecular weight excluding hydrogens is 415 g/mol. The normalized spacial score (nSPS) is 14.3. The van der Waals surface area contributed by atoms with Crippen molar-refractivity contribution in [2.75, 3.05) is 6.54 Å². The van der Waals surface area contributed by atoms with Gasteiger partial charge in [0.25, 0.3) is 0 Å². The molecule has 2 heterocycles. The lowest BCUT2D eigenvalue weighted by Crippen LogP contribution is -2.45. The average molecular weight is 440 g/mol. The molecule has 1 N–H and O–H groups in total. The minimum atomic E-state index is -0.364. The third kappa shape index (κ3) is 5.77. The zero-order chi connectivity index (χ0) is 22.3. The summed E-state index contributed by atoms with van der Waals surface area (Å²) < 4.78 is 18.5. The molecule has 1 aliphatic rings. The summed E-state index contributed by atoms with van der Waals surface area (Å²) in [6.45, 7) is -0.120. The van der Waals surface area contributed by atoms with Crippen LogP contribution in [0.4, 0.5) is 4.39 Å². The van der Waals surface area contributed by atoms with E-state index >= 15 is 0 Å². The Morgan fingerprint density at radius 1 is 1.16 bits per heavy atom. The first-order chi connectivity index (χ1) is 15.6. The summed E-state index contributed by atoms with van der Waals surface area (Å²) in [5, 5.41) is 15.1. The van der Waals surface area contributed by atoms with Gasteiger partial charge >= 0.3 is 0 Å². The Labute approximate surface area is 184 Å². The van der Waals surface area contributed by atoms with Gasteiger partial charge in [0, 0.05) is 11.6 Å². The van der Waals surface area contributed by atoms with Gasteiger partial charge in [-0.1, -0.05) is 19.3 Å². The first-order valence-electron chi connectivity index (χ1n) is 10.7. The lowest BCUT2D eigenvalue weighted by atomic mass is 9.95. The molecule has 0 aliphatic heterocycles. The van der Waals surface area contributed by atoms with Crippen LogP contribution in [0.5, 0.6) is 0 Å². The van der Waals surface area contributed by atoms with Crippen LogP contribution in [0.3, 0.4) is 0 Å². The molecule has 0 spiro atoms. The maximum absolute atomic E-state index is 13.1. The summed E-state index contributed by atoms with van der Waals surface area (Å²) in [7, 11) is 0. The van der Waals surface area contributed by atoms with Crippen molar-refractivity contribution in [2.45, 2.75) is 51.2 Å². The molecule has 0 unspecified atom stereocenters. The number of carbonyl (C=O) groups is 2. The van der Waals surface area contributed by atoms with E-state index in [9.17, 15) is 14.0 Å². The summed E-state index contributed by atoms with van der Waals surface area (Å²) in [5.41, 5.74) is 0.587. The van der Waals surface area contributed by atoms with Gasteiger partial charge < -0.3 is 14.6 Å². The zero-order valence-corrected chi connectivity index (χ0v) is 17.6. The number of rotatable bonds is 8. The number of amides is 2. The molecule has 4 rings (SSSR count). The van der Waals surface area contributed by atoms with E-state index in [0.29, 0.717) is 11.3 Å². The minimum Gasteiger partial charge on any atom is -0.467 e. The highest BCUT2D eigenvalue weighted by atomic mass is 19.1. The summed E-state index contributed by atoms with van der Waals surface area (Å²) in [6.07, 6.45) is 6.86. The van der Waals surface area contributed by atoms with E-state index in [1.165, 1.54) is 41.8 Å². The van der Waals surface area contributed by atoms with Crippen molar-refractivity contribution in [3.05, 3.63) is 54.2 Å². The predicted octanol–water partition coefficient (Wildman–Crippen LogP) is 2.55. The van der Waals surface area contributed by atoms with E-state index in [2.05, 4.69) is 20.7 Å². The summed E-state index contributed by atoms with van der Waals surface area (Å²) in [5.74, 6) is -0.0530. The maximum Gasteiger partial charge on any atom is 0.247 e. The molecule has 2 amide bonds. The predicted molar refractivity (Wildman–Crippen MR) is 112 cm³/mol. The fraction of sp³-hybridized carbons (Fsp3) is 0.409. The molecule has 168 valence electrons. The quantitative estimate of drug-likeness (QED) is 0.577. The van der Waals surface area contributed by atoms with E-state index in [4.69, 9.17) is 4.42 Å². The van der Waals surface area contributed by atoms with Gasteiger partial charge in [0.05, 0.1) is 12.8 Å². The molecule has 32 heavy (non-hydrogen) atoms. The molecule has 1 saturated carbocycles. The molecule has 0 saturated heterocycles. The van der Waals surface area contributed by atoms with Crippen LogP contribution in [-0.4, -0.2) is 49.5 Å². The van der Waals surface area contributed by atoms with Crippen molar-refractivity contribution in [1.29, 1.82) is 0 Å². The average Bonchev–Trinajstić information content (AvgIpc) is 3.47. The number of hydrogen-bond acceptors (Lipinski definition) is 6. The van der Waals surface area contributed by atoms with E-state index in [1.807, 2.05) is 0 Å². The number of tetrazole rings is 1. The molecule has 10 heteroatoms. The van der Waals surface area contributed by atoms with Gasteiger partial charge in [-0.25, -0.2) is 4.39 Å². The summed E-state index contributed by atoms with van der Waals surface area (Å²) in [6, 6.07) is 9.32. The second-order valence-corrected chi connectivity index (χ2v) is 7.88. The second-order valence-electron chi connectivity index (χ2n) is 7.88. The molecule has 0 bridgehead atoms. The van der Waals surface area contributed by atoms with Crippen LogP contribution < -0.4 is 5.32 Å². The Bertz CT molecular complexity index is 1030. The summed E-state index contributed by atoms with van der Waals surface area (Å²) >= 11 is 0. The van der Waals surface area contributed by atoms with Crippen LogP contribution in [0.2, 0.25) is 0 Å². The molecule has 2 aromatic heterocycles. The van der Waals surface area contributed by atoms with Gasteiger partial charge in [0.1, 0.15) is 24.7 Å². The first kappa shape index (κ1) is 21.7. The van der Waals surface area contributed by atoms with E-state index < -0.39 is 0 Å². The van der Waals surface area contributed by atoms with Crippen LogP contribution in [0, 0.1) is 5.82 Å². The highest BCUT2D eigenvalue weighted by Gasteiger charge is 2.23. The number of furan rings is 1. The molecule has 9 nitrogen and oxygen atoms in total. The van der Waals surface area contributed by atoms with E-state index in [1.54, 1.807) is 12.1 Å².